The summed E-state index contributed by atoms with van der Waals surface area (Å²) < 4.78 is 34.4. The molecule has 0 radical (unpaired) electrons. The molecule has 10 heteroatoms. The number of phosphoric ester groups is 1. The third-order valence-electron chi connectivity index (χ3n) is 17.3. The minimum Gasteiger partial charge on any atom is -0.756 e. The second-order valence-electron chi connectivity index (χ2n) is 28.0. The van der Waals surface area contributed by atoms with E-state index in [-0.39, 0.29) is 32.0 Å². The zero-order valence-corrected chi connectivity index (χ0v) is 65.1. The molecule has 0 amide bonds. The fraction of sp³-hybridized carbons (Fsp3) is 0.705. The van der Waals surface area contributed by atoms with Crippen molar-refractivity contribution in [1.29, 1.82) is 0 Å². The molecule has 2 atom stereocenters. The van der Waals surface area contributed by atoms with E-state index >= 15 is 0 Å². The highest BCUT2D eigenvalue weighted by molar-refractivity contribution is 7.45. The van der Waals surface area contributed by atoms with Crippen molar-refractivity contribution in [3.63, 3.8) is 0 Å². The van der Waals surface area contributed by atoms with Crippen molar-refractivity contribution in [2.24, 2.45) is 0 Å². The molecule has 0 bridgehead atoms. The largest absolute Gasteiger partial charge is 0.756 e. The van der Waals surface area contributed by atoms with E-state index in [1.54, 1.807) is 0 Å². The van der Waals surface area contributed by atoms with Gasteiger partial charge in [-0.3, -0.25) is 14.2 Å². The summed E-state index contributed by atoms with van der Waals surface area (Å²) in [6, 6.07) is 0. The Balaban J connectivity index is 4.03. The molecule has 9 nitrogen and oxygen atoms in total. The van der Waals surface area contributed by atoms with Gasteiger partial charge < -0.3 is 27.9 Å². The van der Waals surface area contributed by atoms with Crippen LogP contribution in [0.4, 0.5) is 0 Å². The van der Waals surface area contributed by atoms with E-state index < -0.39 is 26.5 Å². The molecule has 0 saturated heterocycles. The summed E-state index contributed by atoms with van der Waals surface area (Å²) in [6.07, 6.45) is 114. The third kappa shape index (κ3) is 80.9. The monoisotopic (exact) mass is 1380 g/mol. The highest BCUT2D eigenvalue weighted by Crippen LogP contribution is 2.38. The van der Waals surface area contributed by atoms with Gasteiger partial charge in [-0.2, -0.15) is 0 Å². The lowest BCUT2D eigenvalue weighted by molar-refractivity contribution is -0.870. The van der Waals surface area contributed by atoms with Crippen LogP contribution < -0.4 is 4.89 Å². The van der Waals surface area contributed by atoms with Crippen molar-refractivity contribution >= 4 is 19.8 Å². The molecule has 2 unspecified atom stereocenters. The van der Waals surface area contributed by atoms with Gasteiger partial charge in [-0.15, -0.1) is 0 Å². The summed E-state index contributed by atoms with van der Waals surface area (Å²) in [5.74, 6) is -0.859. The fourth-order valence-electron chi connectivity index (χ4n) is 11.2. The summed E-state index contributed by atoms with van der Waals surface area (Å²) in [7, 11) is 1.14. The van der Waals surface area contributed by atoms with Crippen LogP contribution in [0.5, 0.6) is 0 Å². The van der Waals surface area contributed by atoms with Crippen molar-refractivity contribution in [2.75, 3.05) is 47.5 Å². The quantitative estimate of drug-likeness (QED) is 0.0195. The molecule has 0 aliphatic heterocycles. The first-order valence-corrected chi connectivity index (χ1v) is 42.0. The number of hydrogen-bond donors (Lipinski definition) is 0. The van der Waals surface area contributed by atoms with Crippen LogP contribution in [0.15, 0.2) is 146 Å². The number of ether oxygens (including phenoxy) is 2. The number of hydrogen-bond acceptors (Lipinski definition) is 8. The van der Waals surface area contributed by atoms with Gasteiger partial charge in [0.2, 0.25) is 0 Å². The lowest BCUT2D eigenvalue weighted by Gasteiger charge is -2.28. The molecule has 562 valence electrons. The molecular formula is C88H152NO8P. The van der Waals surface area contributed by atoms with Gasteiger partial charge in [0, 0.05) is 12.8 Å². The summed E-state index contributed by atoms with van der Waals surface area (Å²) >= 11 is 0. The summed E-state index contributed by atoms with van der Waals surface area (Å²) in [6.45, 7) is 4.11. The Morgan fingerprint density at radius 3 is 0.867 bits per heavy atom. The number of allylic oxidation sites excluding steroid dienone is 24. The number of phosphoric acid groups is 1. The predicted molar refractivity (Wildman–Crippen MR) is 424 cm³/mol. The van der Waals surface area contributed by atoms with Crippen LogP contribution in [-0.4, -0.2) is 70.0 Å². The molecule has 0 spiro atoms. The topological polar surface area (TPSA) is 111 Å². The lowest BCUT2D eigenvalue weighted by atomic mass is 10.0. The van der Waals surface area contributed by atoms with Gasteiger partial charge in [-0.05, 0) is 122 Å². The summed E-state index contributed by atoms with van der Waals surface area (Å²) in [5.41, 5.74) is 0. The smallest absolute Gasteiger partial charge is 0.306 e. The van der Waals surface area contributed by atoms with Crippen LogP contribution in [-0.2, 0) is 32.7 Å². The van der Waals surface area contributed by atoms with E-state index in [0.717, 1.165) is 116 Å². The fourth-order valence-corrected chi connectivity index (χ4v) is 11.9. The van der Waals surface area contributed by atoms with Gasteiger partial charge in [0.05, 0.1) is 27.7 Å². The predicted octanol–water partition coefficient (Wildman–Crippen LogP) is 26.6. The maximum absolute atomic E-state index is 12.9. The molecule has 0 fully saturated rings. The van der Waals surface area contributed by atoms with Gasteiger partial charge in [0.1, 0.15) is 19.8 Å². The molecule has 0 aromatic heterocycles. The Bertz CT molecular complexity index is 2170. The Morgan fingerprint density at radius 2 is 0.582 bits per heavy atom. The van der Waals surface area contributed by atoms with Crippen molar-refractivity contribution in [2.45, 2.75) is 354 Å². The van der Waals surface area contributed by atoms with Crippen molar-refractivity contribution in [1.82, 2.24) is 0 Å². The van der Waals surface area contributed by atoms with Crippen molar-refractivity contribution < 1.29 is 42.1 Å². The molecule has 0 rings (SSSR count). The standard InChI is InChI=1S/C88H152NO8P/c1-6-8-10-12-14-16-18-20-22-24-26-28-30-32-34-36-38-40-42-43-44-45-47-48-50-52-54-56-58-60-62-64-66-68-70-72-74-76-78-80-87(90)94-84-86(85-96-98(92,93)95-83-82-89(3,4)5)97-88(91)81-79-77-75-73-71-69-67-65-63-61-59-57-55-53-51-49-46-41-39-37-35-33-31-29-27-25-23-21-19-17-15-13-11-9-7-2/h9,11,15,17-18,20-21,23-24,26-27,29,33,35,39,41,49,51,55,57,61,63,67,69,86H,6-8,10,12-14,16,19,22,25,28,30-32,34,36-38,40,42-48,50,52-54,56,58-60,62,64-66,68,70-85H2,1-5H3/b11-9-,17-15-,20-18-,23-21-,26-24-,29-27-,35-33-,41-39-,51-49-,57-55-,63-61-,69-67-. The first kappa shape index (κ1) is 93.9. The maximum atomic E-state index is 12.9. The Morgan fingerprint density at radius 1 is 0.327 bits per heavy atom. The zero-order valence-electron chi connectivity index (χ0n) is 64.2. The SMILES string of the molecule is CC/C=C\C/C=C\C/C=C\C/C=C\C/C=C\C/C=C\C/C=C\C/C=C\C/C=C\C/C=C\CCCCCCC(=O)OC(COC(=O)CCCCCCCCCCCCCCCCCCCCCCCCCCCCC/C=C\C/C=C\CCCCCCC)COP(=O)([O-])OCC[N+](C)(C)C. The van der Waals surface area contributed by atoms with Gasteiger partial charge in [-0.25, -0.2) is 0 Å². The van der Waals surface area contributed by atoms with Crippen molar-refractivity contribution in [3.8, 4) is 0 Å². The molecular weight excluding hydrogens is 1230 g/mol. The van der Waals surface area contributed by atoms with Crippen LogP contribution in [0, 0.1) is 0 Å². The maximum Gasteiger partial charge on any atom is 0.306 e. The van der Waals surface area contributed by atoms with E-state index in [0.29, 0.717) is 17.4 Å². The Labute approximate surface area is 605 Å². The molecule has 0 N–H and O–H groups in total. The number of unbranched alkanes of at least 4 members (excludes halogenated alkanes) is 36. The summed E-state index contributed by atoms with van der Waals surface area (Å²) in [5, 5.41) is 0. The average Bonchev–Trinajstić information content (AvgIpc) is 1.08. The lowest BCUT2D eigenvalue weighted by Crippen LogP contribution is -2.37. The van der Waals surface area contributed by atoms with Crippen LogP contribution in [0.3, 0.4) is 0 Å². The first-order valence-electron chi connectivity index (χ1n) is 40.5. The number of rotatable bonds is 74. The normalized spacial score (nSPS) is 13.8. The van der Waals surface area contributed by atoms with Gasteiger partial charge in [-0.1, -0.05) is 359 Å². The van der Waals surface area contributed by atoms with Crippen LogP contribution in [0.25, 0.3) is 0 Å². The van der Waals surface area contributed by atoms with Crippen LogP contribution in [0.2, 0.25) is 0 Å². The Hall–Kier alpha value is -4.11. The van der Waals surface area contributed by atoms with E-state index in [9.17, 15) is 19.0 Å². The second-order valence-corrected chi connectivity index (χ2v) is 29.5. The molecule has 0 aromatic carbocycles. The number of likely N-dealkylation sites (N-methyl/N-ethyl adjacent to an activating group) is 1. The number of nitrogens with zero attached hydrogens (tertiary/aromatic N) is 1. The molecule has 98 heavy (non-hydrogen) atoms. The highest BCUT2D eigenvalue weighted by atomic mass is 31.2. The van der Waals surface area contributed by atoms with Gasteiger partial charge >= 0.3 is 11.9 Å². The molecule has 0 aromatic rings. The molecule has 0 heterocycles. The minimum atomic E-state index is -4.66. The number of quaternary nitrogens is 1. The highest BCUT2D eigenvalue weighted by Gasteiger charge is 2.22. The minimum absolute atomic E-state index is 0.0419. The van der Waals surface area contributed by atoms with Crippen molar-refractivity contribution in [3.05, 3.63) is 146 Å². The average molecular weight is 1380 g/mol. The molecule has 0 saturated carbocycles. The molecule has 0 aliphatic carbocycles. The first-order chi connectivity index (χ1) is 48.0. The number of carbonyl (C=O) groups is 2. The van der Waals surface area contributed by atoms with E-state index in [1.165, 1.54) is 199 Å². The number of carbonyl (C=O) groups excluding carboxylic acids is 2. The van der Waals surface area contributed by atoms with Crippen LogP contribution >= 0.6 is 7.82 Å². The Kier molecular flexibility index (Phi) is 73.8. The molecule has 0 aliphatic rings. The number of esters is 2. The zero-order chi connectivity index (χ0) is 71.1. The van der Waals surface area contributed by atoms with Gasteiger partial charge in [0.25, 0.3) is 7.82 Å². The second kappa shape index (κ2) is 77.1. The van der Waals surface area contributed by atoms with Crippen LogP contribution in [0.1, 0.15) is 348 Å². The van der Waals surface area contributed by atoms with E-state index in [1.807, 2.05) is 21.1 Å². The third-order valence-corrected chi connectivity index (χ3v) is 18.3. The van der Waals surface area contributed by atoms with E-state index in [4.69, 9.17) is 18.5 Å². The van der Waals surface area contributed by atoms with E-state index in [2.05, 4.69) is 160 Å². The van der Waals surface area contributed by atoms with Gasteiger partial charge in [0.15, 0.2) is 6.10 Å². The summed E-state index contributed by atoms with van der Waals surface area (Å²) in [4.78, 5) is 38.2.